The van der Waals surface area contributed by atoms with E-state index >= 15 is 0 Å². The minimum Gasteiger partial charge on any atom is -0.412 e. The van der Waals surface area contributed by atoms with Gasteiger partial charge in [-0.2, -0.15) is 9.29 Å². The number of pyridine rings is 1. The standard InChI is InChI=1S/C25H24Cl2N6O4S/c1-37-33-23-16(14-19(24(33)34)22-20(26)4-3-5-21(22)27)15-28-25(30-23)29-17-6-8-18(9-7-17)31-10-12-32(13-11-31)38(2,35)36/h3-9,14-15H,10-13H2,1-2H3,(H,28,29,30). The summed E-state index contributed by atoms with van der Waals surface area (Å²) in [5.74, 6) is 0.278. The van der Waals surface area contributed by atoms with Crippen LogP contribution >= 0.6 is 23.2 Å². The van der Waals surface area contributed by atoms with E-state index in [4.69, 9.17) is 28.0 Å². The van der Waals surface area contributed by atoms with Gasteiger partial charge < -0.3 is 15.1 Å². The lowest BCUT2D eigenvalue weighted by molar-refractivity contribution is 0.168. The number of hydrogen-bond acceptors (Lipinski definition) is 8. The van der Waals surface area contributed by atoms with Crippen molar-refractivity contribution < 1.29 is 13.3 Å². The van der Waals surface area contributed by atoms with Crippen LogP contribution in [-0.4, -0.2) is 67.0 Å². The molecule has 5 rings (SSSR count). The summed E-state index contributed by atoms with van der Waals surface area (Å²) < 4.78 is 26.1. The van der Waals surface area contributed by atoms with Crippen LogP contribution in [0.25, 0.3) is 22.2 Å². The van der Waals surface area contributed by atoms with Gasteiger partial charge in [-0.1, -0.05) is 29.3 Å². The molecule has 0 radical (unpaired) electrons. The lowest BCUT2D eigenvalue weighted by atomic mass is 10.1. The third-order valence-corrected chi connectivity index (χ3v) is 8.25. The molecule has 0 saturated carbocycles. The van der Waals surface area contributed by atoms with Crippen molar-refractivity contribution in [2.24, 2.45) is 0 Å². The van der Waals surface area contributed by atoms with Gasteiger partial charge in [0.25, 0.3) is 5.56 Å². The van der Waals surface area contributed by atoms with E-state index in [1.165, 1.54) is 17.7 Å². The third kappa shape index (κ3) is 5.14. The summed E-state index contributed by atoms with van der Waals surface area (Å²) in [5, 5.41) is 4.40. The number of fused-ring (bicyclic) bond motifs is 1. The summed E-state index contributed by atoms with van der Waals surface area (Å²) in [5.41, 5.74) is 2.24. The van der Waals surface area contributed by atoms with E-state index < -0.39 is 15.6 Å². The molecule has 3 heterocycles. The first-order chi connectivity index (χ1) is 18.2. The Hall–Kier alpha value is -3.38. The average Bonchev–Trinajstić information content (AvgIpc) is 2.89. The molecule has 2 aromatic carbocycles. The molecule has 1 fully saturated rings. The van der Waals surface area contributed by atoms with E-state index in [1.54, 1.807) is 30.5 Å². The van der Waals surface area contributed by atoms with Gasteiger partial charge in [-0.05, 0) is 42.5 Å². The number of piperazine rings is 1. The highest BCUT2D eigenvalue weighted by Crippen LogP contribution is 2.34. The predicted octanol–water partition coefficient (Wildman–Crippen LogP) is 3.65. The molecule has 38 heavy (non-hydrogen) atoms. The van der Waals surface area contributed by atoms with Gasteiger partial charge in [0.1, 0.15) is 7.11 Å². The SMILES string of the molecule is COn1c(=O)c(-c2c(Cl)cccc2Cl)cc2cnc(Nc3ccc(N4CCN(S(C)(=O)=O)CC4)cc3)nc21. The third-order valence-electron chi connectivity index (χ3n) is 6.31. The van der Waals surface area contributed by atoms with Gasteiger partial charge in [0.2, 0.25) is 16.0 Å². The molecule has 0 atom stereocenters. The van der Waals surface area contributed by atoms with Gasteiger partial charge >= 0.3 is 0 Å². The molecule has 0 bridgehead atoms. The van der Waals surface area contributed by atoms with Gasteiger partial charge in [-0.25, -0.2) is 13.4 Å². The lowest BCUT2D eigenvalue weighted by Crippen LogP contribution is -2.48. The highest BCUT2D eigenvalue weighted by Gasteiger charge is 2.23. The summed E-state index contributed by atoms with van der Waals surface area (Å²) in [7, 11) is -1.80. The predicted molar refractivity (Wildman–Crippen MR) is 150 cm³/mol. The van der Waals surface area contributed by atoms with Crippen LogP contribution in [0.5, 0.6) is 0 Å². The topological polar surface area (TPSA) is 110 Å². The second-order valence-corrected chi connectivity index (χ2v) is 11.5. The first-order valence-corrected chi connectivity index (χ1v) is 14.2. The van der Waals surface area contributed by atoms with Gasteiger partial charge in [0.05, 0.1) is 21.9 Å². The number of nitrogens with zero attached hydrogens (tertiary/aromatic N) is 5. The molecule has 1 aliphatic rings. The van der Waals surface area contributed by atoms with Crippen LogP contribution < -0.4 is 20.6 Å². The second-order valence-electron chi connectivity index (χ2n) is 8.73. The van der Waals surface area contributed by atoms with Crippen LogP contribution in [-0.2, 0) is 10.0 Å². The molecular formula is C25H24Cl2N6O4S. The number of sulfonamides is 1. The molecule has 13 heteroatoms. The molecule has 2 aromatic heterocycles. The van der Waals surface area contributed by atoms with Gasteiger partial charge in [0, 0.05) is 54.7 Å². The van der Waals surface area contributed by atoms with Crippen molar-refractivity contribution in [3.05, 3.63) is 75.1 Å². The van der Waals surface area contributed by atoms with E-state index in [2.05, 4.69) is 20.2 Å². The number of rotatable bonds is 6. The van der Waals surface area contributed by atoms with E-state index in [0.29, 0.717) is 47.2 Å². The van der Waals surface area contributed by atoms with Crippen molar-refractivity contribution >= 4 is 61.6 Å². The van der Waals surface area contributed by atoms with E-state index in [-0.39, 0.29) is 17.2 Å². The molecule has 1 aliphatic heterocycles. The van der Waals surface area contributed by atoms with Crippen molar-refractivity contribution in [2.75, 3.05) is 49.8 Å². The Labute approximate surface area is 229 Å². The van der Waals surface area contributed by atoms with Crippen LogP contribution in [0.4, 0.5) is 17.3 Å². The number of benzene rings is 2. The van der Waals surface area contributed by atoms with Gasteiger partial charge in [-0.15, -0.1) is 4.73 Å². The summed E-state index contributed by atoms with van der Waals surface area (Å²) in [6.07, 6.45) is 2.82. The van der Waals surface area contributed by atoms with E-state index in [9.17, 15) is 13.2 Å². The summed E-state index contributed by atoms with van der Waals surface area (Å²) in [6.45, 7) is 2.14. The molecule has 0 amide bonds. The molecule has 10 nitrogen and oxygen atoms in total. The van der Waals surface area contributed by atoms with E-state index in [1.807, 2.05) is 24.3 Å². The van der Waals surface area contributed by atoms with Crippen LogP contribution in [0, 0.1) is 0 Å². The fourth-order valence-electron chi connectivity index (χ4n) is 4.40. The first kappa shape index (κ1) is 26.2. The largest absolute Gasteiger partial charge is 0.412 e. The fraction of sp³-hybridized carbons (Fsp3) is 0.240. The van der Waals surface area contributed by atoms with Crippen molar-refractivity contribution in [1.82, 2.24) is 19.0 Å². The summed E-state index contributed by atoms with van der Waals surface area (Å²) in [4.78, 5) is 29.7. The maximum absolute atomic E-state index is 13.3. The molecular weight excluding hydrogens is 551 g/mol. The quantitative estimate of drug-likeness (QED) is 0.371. The van der Waals surface area contributed by atoms with Crippen LogP contribution in [0.15, 0.2) is 59.5 Å². The Morgan fingerprint density at radius 2 is 1.66 bits per heavy atom. The second kappa shape index (κ2) is 10.4. The van der Waals surface area contributed by atoms with Crippen LogP contribution in [0.3, 0.4) is 0 Å². The normalized spacial score (nSPS) is 14.6. The highest BCUT2D eigenvalue weighted by atomic mass is 35.5. The summed E-state index contributed by atoms with van der Waals surface area (Å²) >= 11 is 12.7. The van der Waals surface area contributed by atoms with Gasteiger partial charge in [-0.3, -0.25) is 4.79 Å². The smallest absolute Gasteiger partial charge is 0.293 e. The van der Waals surface area contributed by atoms with E-state index in [0.717, 1.165) is 16.1 Å². The van der Waals surface area contributed by atoms with Crippen LogP contribution in [0.1, 0.15) is 0 Å². The number of halogens is 2. The highest BCUT2D eigenvalue weighted by molar-refractivity contribution is 7.88. The minimum absolute atomic E-state index is 0.271. The Bertz CT molecular complexity index is 1650. The molecule has 4 aromatic rings. The zero-order valence-corrected chi connectivity index (χ0v) is 22.9. The number of anilines is 3. The molecule has 0 spiro atoms. The lowest BCUT2D eigenvalue weighted by Gasteiger charge is -2.34. The van der Waals surface area contributed by atoms with Crippen molar-refractivity contribution in [3.8, 4) is 11.1 Å². The zero-order valence-electron chi connectivity index (χ0n) is 20.6. The Morgan fingerprint density at radius 3 is 2.26 bits per heavy atom. The monoisotopic (exact) mass is 574 g/mol. The maximum Gasteiger partial charge on any atom is 0.293 e. The van der Waals surface area contributed by atoms with Crippen molar-refractivity contribution in [1.29, 1.82) is 0 Å². The van der Waals surface area contributed by atoms with Gasteiger partial charge in [0.15, 0.2) is 5.65 Å². The van der Waals surface area contributed by atoms with Crippen LogP contribution in [0.2, 0.25) is 10.0 Å². The number of nitrogens with one attached hydrogen (secondary N) is 1. The Kier molecular flexibility index (Phi) is 7.19. The van der Waals surface area contributed by atoms with Crippen molar-refractivity contribution in [3.63, 3.8) is 0 Å². The zero-order chi connectivity index (χ0) is 27.0. The number of aromatic nitrogens is 3. The summed E-state index contributed by atoms with van der Waals surface area (Å²) in [6, 6.07) is 14.3. The Balaban J connectivity index is 1.39. The molecule has 198 valence electrons. The first-order valence-electron chi connectivity index (χ1n) is 11.6. The minimum atomic E-state index is -3.18. The fourth-order valence-corrected chi connectivity index (χ4v) is 5.82. The molecule has 0 aliphatic carbocycles. The maximum atomic E-state index is 13.3. The average molecular weight is 575 g/mol. The molecule has 1 saturated heterocycles. The number of hydrogen-bond donors (Lipinski definition) is 1. The van der Waals surface area contributed by atoms with Crippen molar-refractivity contribution in [2.45, 2.75) is 0 Å². The molecule has 0 unspecified atom stereocenters. The Morgan fingerprint density at radius 1 is 1.00 bits per heavy atom. The molecule has 1 N–H and O–H groups in total.